The zero-order valence-electron chi connectivity index (χ0n) is 12.7. The third kappa shape index (κ3) is 3.98. The molecule has 8 heteroatoms. The number of ketones is 1. The smallest absolute Gasteiger partial charge is 0.220 e. The van der Waals surface area contributed by atoms with Gasteiger partial charge in [-0.05, 0) is 12.1 Å². The average Bonchev–Trinajstić information content (AvgIpc) is 3.17. The quantitative estimate of drug-likeness (QED) is 0.656. The molecule has 24 heavy (non-hydrogen) atoms. The van der Waals surface area contributed by atoms with Gasteiger partial charge < -0.3 is 5.32 Å². The molecule has 1 N–H and O–H groups in total. The number of rotatable bonds is 7. The van der Waals surface area contributed by atoms with Gasteiger partial charge in [-0.3, -0.25) is 9.59 Å². The molecule has 0 bridgehead atoms. The van der Waals surface area contributed by atoms with Gasteiger partial charge in [0, 0.05) is 41.8 Å². The molecule has 0 aliphatic heterocycles. The number of hydrogen-bond acceptors (Lipinski definition) is 5. The van der Waals surface area contributed by atoms with Crippen LogP contribution in [0.4, 0.5) is 0 Å². The second-order valence-corrected chi connectivity index (χ2v) is 6.49. The van der Waals surface area contributed by atoms with Crippen LogP contribution in [0.1, 0.15) is 28.9 Å². The van der Waals surface area contributed by atoms with Gasteiger partial charge in [0.2, 0.25) is 10.9 Å². The molecule has 1 amide bonds. The molecule has 0 fully saturated rings. The van der Waals surface area contributed by atoms with Gasteiger partial charge in [0.05, 0.1) is 5.69 Å². The van der Waals surface area contributed by atoms with E-state index in [1.165, 1.54) is 17.7 Å². The first-order valence-electron chi connectivity index (χ1n) is 7.45. The number of amides is 1. The Morgan fingerprint density at radius 3 is 3.00 bits per heavy atom. The fourth-order valence-corrected chi connectivity index (χ4v) is 3.32. The highest BCUT2D eigenvalue weighted by atomic mass is 35.5. The van der Waals surface area contributed by atoms with Gasteiger partial charge in [0.15, 0.2) is 5.78 Å². The first-order valence-corrected chi connectivity index (χ1v) is 8.71. The lowest BCUT2D eigenvalue weighted by Gasteiger charge is -2.05. The highest BCUT2D eigenvalue weighted by Crippen LogP contribution is 2.14. The molecular weight excluding hydrogens is 348 g/mol. The van der Waals surface area contributed by atoms with Crippen LogP contribution in [0.15, 0.2) is 36.0 Å². The maximum atomic E-state index is 12.0. The topological polar surface area (TPSA) is 76.4 Å². The van der Waals surface area contributed by atoms with Crippen molar-refractivity contribution in [3.8, 4) is 0 Å². The van der Waals surface area contributed by atoms with Gasteiger partial charge >= 0.3 is 0 Å². The summed E-state index contributed by atoms with van der Waals surface area (Å²) in [5.41, 5.74) is 1.53. The molecule has 2 heterocycles. The van der Waals surface area contributed by atoms with Crippen molar-refractivity contribution in [3.05, 3.63) is 52.3 Å². The Labute approximate surface area is 147 Å². The summed E-state index contributed by atoms with van der Waals surface area (Å²) in [5.74, 6) is -0.231. The molecule has 0 radical (unpaired) electrons. The lowest BCUT2D eigenvalue weighted by molar-refractivity contribution is -0.121. The largest absolute Gasteiger partial charge is 0.356 e. The maximum Gasteiger partial charge on any atom is 0.220 e. The molecule has 0 spiro atoms. The Bertz CT molecular complexity index is 874. The lowest BCUT2D eigenvalue weighted by atomic mass is 10.1. The number of aromatic nitrogens is 3. The van der Waals surface area contributed by atoms with Crippen LogP contribution in [0.2, 0.25) is 5.02 Å². The zero-order valence-corrected chi connectivity index (χ0v) is 14.3. The normalized spacial score (nSPS) is 10.9. The summed E-state index contributed by atoms with van der Waals surface area (Å²) in [5, 5.41) is 9.44. The number of hydrogen-bond donors (Lipinski definition) is 1. The van der Waals surface area contributed by atoms with Crippen molar-refractivity contribution in [2.45, 2.75) is 19.3 Å². The monoisotopic (exact) mass is 362 g/mol. The third-order valence-corrected chi connectivity index (χ3v) is 4.63. The number of benzene rings is 1. The standard InChI is InChI=1S/C16H15ClN4O2S/c17-12-3-1-2-11(8-12)14(22)4-5-15(23)18-7-6-13-9-24-16-19-10-20-21(13)16/h1-3,8-10H,4-7H2,(H,18,23). The fourth-order valence-electron chi connectivity index (χ4n) is 2.30. The van der Waals surface area contributed by atoms with Crippen LogP contribution in [0.5, 0.6) is 0 Å². The van der Waals surface area contributed by atoms with E-state index >= 15 is 0 Å². The second kappa shape index (κ2) is 7.55. The highest BCUT2D eigenvalue weighted by Gasteiger charge is 2.10. The summed E-state index contributed by atoms with van der Waals surface area (Å²) in [4.78, 5) is 28.8. The van der Waals surface area contributed by atoms with Gasteiger partial charge in [-0.1, -0.05) is 23.7 Å². The number of nitrogens with one attached hydrogen (secondary N) is 1. The third-order valence-electron chi connectivity index (χ3n) is 3.52. The Kier molecular flexibility index (Phi) is 5.22. The molecule has 0 saturated carbocycles. The SMILES string of the molecule is O=C(CCC(=O)c1cccc(Cl)c1)NCCc1csc2ncnn12. The van der Waals surface area contributed by atoms with E-state index in [2.05, 4.69) is 15.4 Å². The summed E-state index contributed by atoms with van der Waals surface area (Å²) >= 11 is 7.37. The molecule has 3 rings (SSSR count). The van der Waals surface area contributed by atoms with Gasteiger partial charge in [-0.25, -0.2) is 9.50 Å². The minimum atomic E-state index is -0.143. The summed E-state index contributed by atoms with van der Waals surface area (Å²) < 4.78 is 1.76. The van der Waals surface area contributed by atoms with Crippen LogP contribution >= 0.6 is 22.9 Å². The van der Waals surface area contributed by atoms with E-state index in [-0.39, 0.29) is 24.5 Å². The van der Waals surface area contributed by atoms with Crippen molar-refractivity contribution in [2.75, 3.05) is 6.54 Å². The van der Waals surface area contributed by atoms with Crippen LogP contribution in [0.3, 0.4) is 0 Å². The van der Waals surface area contributed by atoms with Crippen LogP contribution in [0.25, 0.3) is 4.96 Å². The van der Waals surface area contributed by atoms with E-state index in [0.717, 1.165) is 10.7 Å². The first-order chi connectivity index (χ1) is 11.6. The van der Waals surface area contributed by atoms with Crippen LogP contribution in [0, 0.1) is 0 Å². The van der Waals surface area contributed by atoms with E-state index in [1.54, 1.807) is 28.8 Å². The Hall–Kier alpha value is -2.25. The molecule has 0 saturated heterocycles. The molecule has 0 atom stereocenters. The Balaban J connectivity index is 1.43. The molecule has 0 aliphatic carbocycles. The predicted molar refractivity (Wildman–Crippen MR) is 92.6 cm³/mol. The minimum Gasteiger partial charge on any atom is -0.356 e. The molecule has 0 unspecified atom stereocenters. The van der Waals surface area contributed by atoms with E-state index in [0.29, 0.717) is 23.6 Å². The number of thiazole rings is 1. The summed E-state index contributed by atoms with van der Waals surface area (Å²) in [6, 6.07) is 6.75. The molecule has 3 aromatic rings. The number of carbonyl (C=O) groups is 2. The van der Waals surface area contributed by atoms with Crippen molar-refractivity contribution in [2.24, 2.45) is 0 Å². The van der Waals surface area contributed by atoms with E-state index < -0.39 is 0 Å². The summed E-state index contributed by atoms with van der Waals surface area (Å²) in [6.45, 7) is 0.496. The molecule has 124 valence electrons. The van der Waals surface area contributed by atoms with Crippen molar-refractivity contribution >= 4 is 39.6 Å². The highest BCUT2D eigenvalue weighted by molar-refractivity contribution is 7.15. The summed E-state index contributed by atoms with van der Waals surface area (Å²) in [6.07, 6.45) is 2.50. The lowest BCUT2D eigenvalue weighted by Crippen LogP contribution is -2.26. The van der Waals surface area contributed by atoms with Gasteiger partial charge in [-0.15, -0.1) is 11.3 Å². The predicted octanol–water partition coefficient (Wildman–Crippen LogP) is 2.77. The van der Waals surface area contributed by atoms with Crippen molar-refractivity contribution < 1.29 is 9.59 Å². The molecule has 1 aromatic carbocycles. The molecular formula is C16H15ClN4O2S. The van der Waals surface area contributed by atoms with Crippen LogP contribution in [-0.4, -0.2) is 32.8 Å². The van der Waals surface area contributed by atoms with Gasteiger partial charge in [0.1, 0.15) is 6.33 Å². The minimum absolute atomic E-state index is 0.0881. The van der Waals surface area contributed by atoms with Gasteiger partial charge in [-0.2, -0.15) is 5.10 Å². The van der Waals surface area contributed by atoms with E-state index in [4.69, 9.17) is 11.6 Å². The number of carbonyl (C=O) groups excluding carboxylic acids is 2. The molecule has 2 aromatic heterocycles. The van der Waals surface area contributed by atoms with Crippen molar-refractivity contribution in [1.82, 2.24) is 19.9 Å². The Morgan fingerprint density at radius 1 is 1.29 bits per heavy atom. The van der Waals surface area contributed by atoms with E-state index in [9.17, 15) is 9.59 Å². The second-order valence-electron chi connectivity index (χ2n) is 5.21. The van der Waals surface area contributed by atoms with Gasteiger partial charge in [0.25, 0.3) is 0 Å². The Morgan fingerprint density at radius 2 is 2.17 bits per heavy atom. The van der Waals surface area contributed by atoms with Crippen LogP contribution < -0.4 is 5.32 Å². The first kappa shape index (κ1) is 16.6. The van der Waals surface area contributed by atoms with Crippen molar-refractivity contribution in [1.29, 1.82) is 0 Å². The van der Waals surface area contributed by atoms with E-state index in [1.807, 2.05) is 5.38 Å². The average molecular weight is 363 g/mol. The van der Waals surface area contributed by atoms with Crippen LogP contribution in [-0.2, 0) is 11.2 Å². The number of nitrogens with zero attached hydrogens (tertiary/aromatic N) is 3. The zero-order chi connectivity index (χ0) is 16.9. The number of fused-ring (bicyclic) bond motifs is 1. The van der Waals surface area contributed by atoms with Crippen molar-refractivity contribution in [3.63, 3.8) is 0 Å². The molecule has 6 nitrogen and oxygen atoms in total. The maximum absolute atomic E-state index is 12.0. The number of Topliss-reactive ketones (excluding diaryl/α,β-unsaturated/α-hetero) is 1. The molecule has 0 aliphatic rings. The number of halogens is 1. The summed E-state index contributed by atoms with van der Waals surface area (Å²) in [7, 11) is 0. The fraction of sp³-hybridized carbons (Fsp3) is 0.250.